The molecule has 1 atom stereocenters. The molecule has 0 aromatic carbocycles. The quantitative estimate of drug-likeness (QED) is 0.691. The Bertz CT molecular complexity index is 253. The maximum atomic E-state index is 11.6. The van der Waals surface area contributed by atoms with Gasteiger partial charge in [0.25, 0.3) is 0 Å². The second-order valence-corrected chi connectivity index (χ2v) is 4.34. The fourth-order valence-corrected chi connectivity index (χ4v) is 2.04. The molecule has 0 aromatic rings. The van der Waals surface area contributed by atoms with E-state index in [2.05, 4.69) is 12.2 Å². The van der Waals surface area contributed by atoms with E-state index in [-0.39, 0.29) is 17.7 Å². The van der Waals surface area contributed by atoms with Crippen LogP contribution in [0.4, 0.5) is 0 Å². The van der Waals surface area contributed by atoms with Crippen molar-refractivity contribution < 1.29 is 9.59 Å². The lowest BCUT2D eigenvalue weighted by atomic mass is 10.1. The van der Waals surface area contributed by atoms with E-state index in [0.29, 0.717) is 19.5 Å². The Balaban J connectivity index is 2.35. The van der Waals surface area contributed by atoms with Crippen LogP contribution in [-0.2, 0) is 9.59 Å². The normalized spacial score (nSPS) is 20.2. The summed E-state index contributed by atoms with van der Waals surface area (Å²) >= 11 is 0. The van der Waals surface area contributed by atoms with Crippen LogP contribution in [0.15, 0.2) is 0 Å². The van der Waals surface area contributed by atoms with Crippen molar-refractivity contribution in [3.8, 4) is 0 Å². The zero-order chi connectivity index (χ0) is 12.0. The molecule has 1 rings (SSSR count). The van der Waals surface area contributed by atoms with Crippen LogP contribution in [0.5, 0.6) is 0 Å². The standard InChI is InChI=1S/C12H22N2O2/c1-3-5-6-7-14-9-10(8-11(14)15)12(16)13-4-2/h10H,3-9H2,1-2H3,(H,13,16). The molecule has 0 radical (unpaired) electrons. The van der Waals surface area contributed by atoms with Gasteiger partial charge in [-0.3, -0.25) is 9.59 Å². The Labute approximate surface area is 97.4 Å². The van der Waals surface area contributed by atoms with Crippen LogP contribution in [0, 0.1) is 5.92 Å². The Morgan fingerprint density at radius 2 is 2.19 bits per heavy atom. The fourth-order valence-electron chi connectivity index (χ4n) is 2.04. The predicted molar refractivity (Wildman–Crippen MR) is 62.9 cm³/mol. The van der Waals surface area contributed by atoms with Crippen molar-refractivity contribution in [1.29, 1.82) is 0 Å². The summed E-state index contributed by atoms with van der Waals surface area (Å²) in [5.74, 6) is 0.0234. The summed E-state index contributed by atoms with van der Waals surface area (Å²) in [5.41, 5.74) is 0. The van der Waals surface area contributed by atoms with Gasteiger partial charge in [-0.2, -0.15) is 0 Å². The number of unbranched alkanes of at least 4 members (excludes halogenated alkanes) is 2. The molecule has 0 aliphatic carbocycles. The highest BCUT2D eigenvalue weighted by Crippen LogP contribution is 2.18. The SMILES string of the molecule is CCCCCN1CC(C(=O)NCC)CC1=O. The van der Waals surface area contributed by atoms with Gasteiger partial charge in [0.05, 0.1) is 5.92 Å². The van der Waals surface area contributed by atoms with Crippen molar-refractivity contribution in [2.45, 2.75) is 39.5 Å². The summed E-state index contributed by atoms with van der Waals surface area (Å²) in [4.78, 5) is 25.0. The molecule has 1 saturated heterocycles. The largest absolute Gasteiger partial charge is 0.356 e. The topological polar surface area (TPSA) is 49.4 Å². The highest BCUT2D eigenvalue weighted by molar-refractivity contribution is 5.89. The number of hydrogen-bond donors (Lipinski definition) is 1. The van der Waals surface area contributed by atoms with Crippen molar-refractivity contribution in [1.82, 2.24) is 10.2 Å². The Morgan fingerprint density at radius 3 is 2.81 bits per heavy atom. The monoisotopic (exact) mass is 226 g/mol. The molecule has 1 fully saturated rings. The number of nitrogens with one attached hydrogen (secondary N) is 1. The van der Waals surface area contributed by atoms with E-state index < -0.39 is 0 Å². The lowest BCUT2D eigenvalue weighted by Crippen LogP contribution is -2.33. The van der Waals surface area contributed by atoms with E-state index >= 15 is 0 Å². The summed E-state index contributed by atoms with van der Waals surface area (Å²) in [5, 5.41) is 2.78. The van der Waals surface area contributed by atoms with Crippen LogP contribution in [0.25, 0.3) is 0 Å². The molecule has 1 aliphatic rings. The van der Waals surface area contributed by atoms with E-state index in [4.69, 9.17) is 0 Å². The second-order valence-electron chi connectivity index (χ2n) is 4.34. The van der Waals surface area contributed by atoms with Gasteiger partial charge >= 0.3 is 0 Å². The number of carbonyl (C=O) groups is 2. The van der Waals surface area contributed by atoms with Crippen LogP contribution in [-0.4, -0.2) is 36.3 Å². The summed E-state index contributed by atoms with van der Waals surface area (Å²) in [6.45, 7) is 6.09. The molecular formula is C12H22N2O2. The molecule has 4 heteroatoms. The molecule has 0 saturated carbocycles. The van der Waals surface area contributed by atoms with Crippen LogP contribution < -0.4 is 5.32 Å². The Kier molecular flexibility index (Phi) is 5.29. The first-order valence-corrected chi connectivity index (χ1v) is 6.24. The maximum absolute atomic E-state index is 11.6. The van der Waals surface area contributed by atoms with Gasteiger partial charge in [0.2, 0.25) is 11.8 Å². The molecular weight excluding hydrogens is 204 g/mol. The predicted octanol–water partition coefficient (Wildman–Crippen LogP) is 1.16. The Morgan fingerprint density at radius 1 is 1.44 bits per heavy atom. The lowest BCUT2D eigenvalue weighted by molar-refractivity contribution is -0.129. The average molecular weight is 226 g/mol. The second kappa shape index (κ2) is 6.51. The van der Waals surface area contributed by atoms with Gasteiger partial charge in [0, 0.05) is 26.1 Å². The van der Waals surface area contributed by atoms with Gasteiger partial charge < -0.3 is 10.2 Å². The van der Waals surface area contributed by atoms with Gasteiger partial charge in [-0.1, -0.05) is 19.8 Å². The van der Waals surface area contributed by atoms with Gasteiger partial charge in [-0.25, -0.2) is 0 Å². The van der Waals surface area contributed by atoms with Crippen LogP contribution in [0.2, 0.25) is 0 Å². The first-order chi connectivity index (χ1) is 7.69. The summed E-state index contributed by atoms with van der Waals surface area (Å²) < 4.78 is 0. The summed E-state index contributed by atoms with van der Waals surface area (Å²) in [6, 6.07) is 0. The van der Waals surface area contributed by atoms with Crippen LogP contribution >= 0.6 is 0 Å². The minimum absolute atomic E-state index is 0.0221. The average Bonchev–Trinajstić information content (AvgIpc) is 2.61. The van der Waals surface area contributed by atoms with Crippen molar-refractivity contribution in [2.24, 2.45) is 5.92 Å². The van der Waals surface area contributed by atoms with Crippen LogP contribution in [0.1, 0.15) is 39.5 Å². The Hall–Kier alpha value is -1.06. The first-order valence-electron chi connectivity index (χ1n) is 6.24. The molecule has 1 heterocycles. The minimum atomic E-state index is -0.130. The lowest BCUT2D eigenvalue weighted by Gasteiger charge is -2.16. The zero-order valence-electron chi connectivity index (χ0n) is 10.3. The highest BCUT2D eigenvalue weighted by atomic mass is 16.2. The number of amides is 2. The van der Waals surface area contributed by atoms with E-state index in [1.54, 1.807) is 0 Å². The molecule has 0 bridgehead atoms. The van der Waals surface area contributed by atoms with Gasteiger partial charge in [-0.15, -0.1) is 0 Å². The van der Waals surface area contributed by atoms with Crippen molar-refractivity contribution in [3.05, 3.63) is 0 Å². The molecule has 1 N–H and O–H groups in total. The van der Waals surface area contributed by atoms with E-state index in [1.165, 1.54) is 0 Å². The zero-order valence-corrected chi connectivity index (χ0v) is 10.3. The number of carbonyl (C=O) groups excluding carboxylic acids is 2. The third-order valence-corrected chi connectivity index (χ3v) is 2.97. The fraction of sp³-hybridized carbons (Fsp3) is 0.833. The van der Waals surface area contributed by atoms with E-state index in [0.717, 1.165) is 25.8 Å². The number of rotatable bonds is 6. The molecule has 92 valence electrons. The van der Waals surface area contributed by atoms with Crippen molar-refractivity contribution in [2.75, 3.05) is 19.6 Å². The highest BCUT2D eigenvalue weighted by Gasteiger charge is 2.33. The maximum Gasteiger partial charge on any atom is 0.225 e. The smallest absolute Gasteiger partial charge is 0.225 e. The van der Waals surface area contributed by atoms with E-state index in [9.17, 15) is 9.59 Å². The molecule has 4 nitrogen and oxygen atoms in total. The molecule has 16 heavy (non-hydrogen) atoms. The molecule has 0 aromatic heterocycles. The molecule has 1 unspecified atom stereocenters. The number of nitrogens with zero attached hydrogens (tertiary/aromatic N) is 1. The van der Waals surface area contributed by atoms with Crippen molar-refractivity contribution >= 4 is 11.8 Å². The third kappa shape index (κ3) is 3.51. The molecule has 1 aliphatic heterocycles. The summed E-state index contributed by atoms with van der Waals surface area (Å²) in [7, 11) is 0. The summed E-state index contributed by atoms with van der Waals surface area (Å²) in [6.07, 6.45) is 3.74. The number of hydrogen-bond acceptors (Lipinski definition) is 2. The van der Waals surface area contributed by atoms with Gasteiger partial charge in [-0.05, 0) is 13.3 Å². The van der Waals surface area contributed by atoms with Gasteiger partial charge in [0.1, 0.15) is 0 Å². The van der Waals surface area contributed by atoms with Crippen LogP contribution in [0.3, 0.4) is 0 Å². The molecule has 0 spiro atoms. The van der Waals surface area contributed by atoms with Crippen molar-refractivity contribution in [3.63, 3.8) is 0 Å². The van der Waals surface area contributed by atoms with Gasteiger partial charge in [0.15, 0.2) is 0 Å². The number of likely N-dealkylation sites (tertiary alicyclic amines) is 1. The third-order valence-electron chi connectivity index (χ3n) is 2.97. The van der Waals surface area contributed by atoms with E-state index in [1.807, 2.05) is 11.8 Å². The first kappa shape index (κ1) is 13.0. The minimum Gasteiger partial charge on any atom is -0.356 e. The molecule has 2 amide bonds.